The molecule has 32 heavy (non-hydrogen) atoms. The van der Waals surface area contributed by atoms with E-state index in [1.54, 1.807) is 27.8 Å². The number of hydrogen-bond acceptors (Lipinski definition) is 5. The van der Waals surface area contributed by atoms with Crippen molar-refractivity contribution in [3.63, 3.8) is 0 Å². The fraction of sp³-hybridized carbons (Fsp3) is 0.409. The standard InChI is InChI=1S/C22H21F3N4O2S/c23-22(24,25)17-9-16(2-1-14(17)11-26)28-6-4-21(5-7-28)10-18(19(27)30)29(13-21)20(31)15-3-8-32-12-15/h1-3,8-9,12,18H,4-7,10,13H2,(H2,27,30). The first-order valence-electron chi connectivity index (χ1n) is 10.1. The van der Waals surface area contributed by atoms with E-state index < -0.39 is 29.3 Å². The minimum atomic E-state index is -4.61. The SMILES string of the molecule is N#Cc1ccc(N2CCC3(CC2)CC(C(N)=O)N(C(=O)c2ccsc2)C3)cc1C(F)(F)F. The number of nitrogens with zero attached hydrogens (tertiary/aromatic N) is 3. The van der Waals surface area contributed by atoms with Crippen LogP contribution < -0.4 is 10.6 Å². The van der Waals surface area contributed by atoms with E-state index in [4.69, 9.17) is 11.0 Å². The zero-order valence-electron chi connectivity index (χ0n) is 17.1. The Balaban J connectivity index is 1.51. The van der Waals surface area contributed by atoms with Gasteiger partial charge >= 0.3 is 6.18 Å². The lowest BCUT2D eigenvalue weighted by molar-refractivity contribution is -0.137. The number of rotatable bonds is 3. The topological polar surface area (TPSA) is 90.4 Å². The van der Waals surface area contributed by atoms with Crippen LogP contribution in [0.2, 0.25) is 0 Å². The molecule has 2 aliphatic rings. The van der Waals surface area contributed by atoms with Crippen molar-refractivity contribution in [2.75, 3.05) is 24.5 Å². The monoisotopic (exact) mass is 462 g/mol. The molecule has 3 heterocycles. The molecule has 1 spiro atoms. The lowest BCUT2D eigenvalue weighted by Crippen LogP contribution is -2.44. The molecular formula is C22H21F3N4O2S. The van der Waals surface area contributed by atoms with Crippen LogP contribution in [0, 0.1) is 16.7 Å². The van der Waals surface area contributed by atoms with Crippen molar-refractivity contribution < 1.29 is 22.8 Å². The van der Waals surface area contributed by atoms with Gasteiger partial charge in [-0.3, -0.25) is 9.59 Å². The second-order valence-electron chi connectivity index (χ2n) is 8.39. The summed E-state index contributed by atoms with van der Waals surface area (Å²) in [4.78, 5) is 28.4. The van der Waals surface area contributed by atoms with Crippen molar-refractivity contribution in [2.24, 2.45) is 11.1 Å². The van der Waals surface area contributed by atoms with Crippen LogP contribution in [0.25, 0.3) is 0 Å². The summed E-state index contributed by atoms with van der Waals surface area (Å²) < 4.78 is 40.0. The number of alkyl halides is 3. The van der Waals surface area contributed by atoms with E-state index in [0.29, 0.717) is 50.1 Å². The predicted octanol–water partition coefficient (Wildman–Crippen LogP) is 3.63. The molecule has 2 aromatic rings. The number of amides is 2. The molecule has 2 amide bonds. The Morgan fingerprint density at radius 2 is 1.94 bits per heavy atom. The third kappa shape index (κ3) is 4.05. The quantitative estimate of drug-likeness (QED) is 0.754. The van der Waals surface area contributed by atoms with E-state index >= 15 is 0 Å². The Labute approximate surface area is 187 Å². The van der Waals surface area contributed by atoms with Crippen LogP contribution in [0.4, 0.5) is 18.9 Å². The highest BCUT2D eigenvalue weighted by molar-refractivity contribution is 7.08. The fourth-order valence-corrected chi connectivity index (χ4v) is 5.37. The number of piperidine rings is 1. The molecule has 168 valence electrons. The van der Waals surface area contributed by atoms with Gasteiger partial charge in [-0.05, 0) is 54.3 Å². The van der Waals surface area contributed by atoms with Gasteiger partial charge in [-0.2, -0.15) is 29.8 Å². The minimum absolute atomic E-state index is 0.226. The number of anilines is 1. The highest BCUT2D eigenvalue weighted by atomic mass is 32.1. The van der Waals surface area contributed by atoms with Gasteiger partial charge in [0.2, 0.25) is 5.91 Å². The van der Waals surface area contributed by atoms with Gasteiger partial charge < -0.3 is 15.5 Å². The van der Waals surface area contributed by atoms with Crippen LogP contribution >= 0.6 is 11.3 Å². The van der Waals surface area contributed by atoms with Crippen molar-refractivity contribution in [1.29, 1.82) is 5.26 Å². The number of hydrogen-bond donors (Lipinski definition) is 1. The van der Waals surface area contributed by atoms with Crippen molar-refractivity contribution >= 4 is 28.8 Å². The predicted molar refractivity (Wildman–Crippen MR) is 113 cm³/mol. The second-order valence-corrected chi connectivity index (χ2v) is 9.17. The number of halogens is 3. The summed E-state index contributed by atoms with van der Waals surface area (Å²) in [5.74, 6) is -0.772. The van der Waals surface area contributed by atoms with Crippen molar-refractivity contribution in [3.05, 3.63) is 51.7 Å². The molecule has 10 heteroatoms. The zero-order chi connectivity index (χ0) is 23.1. The molecule has 6 nitrogen and oxygen atoms in total. The maximum Gasteiger partial charge on any atom is 0.417 e. The van der Waals surface area contributed by atoms with Crippen molar-refractivity contribution in [2.45, 2.75) is 31.5 Å². The molecule has 1 aromatic heterocycles. The molecule has 2 saturated heterocycles. The number of benzene rings is 1. The van der Waals surface area contributed by atoms with Gasteiger partial charge in [0, 0.05) is 30.7 Å². The summed E-state index contributed by atoms with van der Waals surface area (Å²) >= 11 is 1.40. The highest BCUT2D eigenvalue weighted by Crippen LogP contribution is 2.45. The Morgan fingerprint density at radius 1 is 1.22 bits per heavy atom. The lowest BCUT2D eigenvalue weighted by atomic mass is 9.76. The Bertz CT molecular complexity index is 1070. The number of thiophene rings is 1. The second kappa shape index (κ2) is 8.13. The number of carbonyl (C=O) groups excluding carboxylic acids is 2. The van der Waals surface area contributed by atoms with Crippen molar-refractivity contribution in [3.8, 4) is 6.07 Å². The molecule has 1 aromatic carbocycles. The molecule has 0 bridgehead atoms. The van der Waals surface area contributed by atoms with E-state index in [0.717, 1.165) is 6.07 Å². The molecule has 2 aliphatic heterocycles. The third-order valence-corrected chi connectivity index (χ3v) is 7.17. The Morgan fingerprint density at radius 3 is 2.50 bits per heavy atom. The van der Waals surface area contributed by atoms with Crippen LogP contribution in [0.15, 0.2) is 35.0 Å². The van der Waals surface area contributed by atoms with Gasteiger partial charge in [0.15, 0.2) is 0 Å². The lowest BCUT2D eigenvalue weighted by Gasteiger charge is -2.40. The maximum atomic E-state index is 13.3. The summed E-state index contributed by atoms with van der Waals surface area (Å²) in [6.07, 6.45) is -2.93. The summed E-state index contributed by atoms with van der Waals surface area (Å²) in [5, 5.41) is 12.5. The van der Waals surface area contributed by atoms with Gasteiger partial charge in [0.1, 0.15) is 6.04 Å². The van der Waals surface area contributed by atoms with Gasteiger partial charge in [0.25, 0.3) is 5.91 Å². The summed E-state index contributed by atoms with van der Waals surface area (Å²) in [5.41, 5.74) is 4.87. The van der Waals surface area contributed by atoms with E-state index in [1.807, 2.05) is 4.90 Å². The Kier molecular flexibility index (Phi) is 5.63. The van der Waals surface area contributed by atoms with Gasteiger partial charge in [0.05, 0.1) is 22.8 Å². The number of nitriles is 1. The van der Waals surface area contributed by atoms with E-state index in [9.17, 15) is 22.8 Å². The van der Waals surface area contributed by atoms with Crippen LogP contribution in [-0.2, 0) is 11.0 Å². The third-order valence-electron chi connectivity index (χ3n) is 6.48. The normalized spacial score (nSPS) is 20.4. The molecule has 4 rings (SSSR count). The molecule has 2 N–H and O–H groups in total. The van der Waals surface area contributed by atoms with Crippen LogP contribution in [-0.4, -0.2) is 42.4 Å². The molecule has 0 aliphatic carbocycles. The summed E-state index contributed by atoms with van der Waals surface area (Å²) in [6.45, 7) is 1.36. The average Bonchev–Trinajstić information content (AvgIpc) is 3.42. The molecule has 2 fully saturated rings. The summed E-state index contributed by atoms with van der Waals surface area (Å²) in [7, 11) is 0. The van der Waals surface area contributed by atoms with Crippen LogP contribution in [0.1, 0.15) is 40.7 Å². The minimum Gasteiger partial charge on any atom is -0.371 e. The average molecular weight is 462 g/mol. The van der Waals surface area contributed by atoms with Gasteiger partial charge in [-0.1, -0.05) is 0 Å². The number of primary amides is 1. The molecule has 0 radical (unpaired) electrons. The van der Waals surface area contributed by atoms with Crippen LogP contribution in [0.3, 0.4) is 0 Å². The first-order valence-corrected chi connectivity index (χ1v) is 11.1. The van der Waals surface area contributed by atoms with Crippen LogP contribution in [0.5, 0.6) is 0 Å². The van der Waals surface area contributed by atoms with E-state index in [1.165, 1.54) is 23.5 Å². The van der Waals surface area contributed by atoms with E-state index in [2.05, 4.69) is 0 Å². The largest absolute Gasteiger partial charge is 0.417 e. The summed E-state index contributed by atoms with van der Waals surface area (Å²) in [6, 6.07) is 6.35. The van der Waals surface area contributed by atoms with Gasteiger partial charge in [-0.15, -0.1) is 0 Å². The number of carbonyl (C=O) groups is 2. The first-order chi connectivity index (χ1) is 15.1. The molecule has 1 unspecified atom stereocenters. The van der Waals surface area contributed by atoms with Crippen molar-refractivity contribution in [1.82, 2.24) is 4.90 Å². The Hall–Kier alpha value is -3.06. The molecule has 0 saturated carbocycles. The maximum absolute atomic E-state index is 13.3. The zero-order valence-corrected chi connectivity index (χ0v) is 17.9. The molecular weight excluding hydrogens is 441 g/mol. The number of nitrogens with two attached hydrogens (primary N) is 1. The number of likely N-dealkylation sites (tertiary alicyclic amines) is 1. The molecule has 1 atom stereocenters. The first kappa shape index (κ1) is 22.1. The van der Waals surface area contributed by atoms with E-state index in [-0.39, 0.29) is 11.3 Å². The smallest absolute Gasteiger partial charge is 0.371 e. The highest BCUT2D eigenvalue weighted by Gasteiger charge is 2.49. The fourth-order valence-electron chi connectivity index (χ4n) is 4.74. The van der Waals surface area contributed by atoms with Gasteiger partial charge in [-0.25, -0.2) is 0 Å².